The number of aromatic nitrogens is 2. The molecule has 0 spiro atoms. The van der Waals surface area contributed by atoms with Crippen LogP contribution in [-0.4, -0.2) is 21.6 Å². The first-order valence-corrected chi connectivity index (χ1v) is 7.93. The normalized spacial score (nSPS) is 11.9. The highest BCUT2D eigenvalue weighted by molar-refractivity contribution is 7.21. The van der Waals surface area contributed by atoms with E-state index < -0.39 is 0 Å². The molecule has 0 saturated carbocycles. The van der Waals surface area contributed by atoms with Gasteiger partial charge < -0.3 is 10.7 Å². The minimum atomic E-state index is -0.292. The molecule has 3 aromatic rings. The van der Waals surface area contributed by atoms with Crippen LogP contribution in [0.15, 0.2) is 29.5 Å². The third-order valence-electron chi connectivity index (χ3n) is 3.52. The van der Waals surface area contributed by atoms with E-state index in [0.717, 1.165) is 26.4 Å². The fourth-order valence-corrected chi connectivity index (χ4v) is 3.62. The third-order valence-corrected chi connectivity index (χ3v) is 4.73. The summed E-state index contributed by atoms with van der Waals surface area (Å²) in [6.07, 6.45) is 1.69. The highest BCUT2D eigenvalue weighted by Crippen LogP contribution is 2.35. The number of rotatable bonds is 3. The Bertz CT molecular complexity index is 908. The van der Waals surface area contributed by atoms with Gasteiger partial charge in [-0.2, -0.15) is 5.10 Å². The number of aryl methyl sites for hydroxylation is 2. The summed E-state index contributed by atoms with van der Waals surface area (Å²) in [5.74, 6) is -0.292. The zero-order valence-corrected chi connectivity index (χ0v) is 13.9. The molecule has 0 aliphatic carbocycles. The van der Waals surface area contributed by atoms with Gasteiger partial charge in [-0.25, -0.2) is 10.4 Å². The summed E-state index contributed by atoms with van der Waals surface area (Å²) in [6, 6.07) is 5.45. The largest absolute Gasteiger partial charge is 0.397 e. The van der Waals surface area contributed by atoms with E-state index in [-0.39, 0.29) is 5.91 Å². The molecule has 6 nitrogen and oxygen atoms in total. The molecular formula is C16H17N5OS. The number of pyridine rings is 1. The lowest BCUT2D eigenvalue weighted by molar-refractivity contribution is 0.0950. The van der Waals surface area contributed by atoms with Crippen molar-refractivity contribution in [2.24, 2.45) is 5.10 Å². The van der Waals surface area contributed by atoms with Crippen LogP contribution in [0, 0.1) is 13.8 Å². The third kappa shape index (κ3) is 2.83. The van der Waals surface area contributed by atoms with Crippen LogP contribution in [0.25, 0.3) is 10.2 Å². The Kier molecular flexibility index (Phi) is 3.87. The van der Waals surface area contributed by atoms with Gasteiger partial charge >= 0.3 is 0 Å². The first-order valence-electron chi connectivity index (χ1n) is 7.12. The minimum Gasteiger partial charge on any atom is -0.397 e. The zero-order chi connectivity index (χ0) is 16.6. The fourth-order valence-electron chi connectivity index (χ4n) is 2.46. The number of carbonyl (C=O) groups is 1. The molecule has 3 aromatic heterocycles. The van der Waals surface area contributed by atoms with Crippen molar-refractivity contribution in [2.45, 2.75) is 20.8 Å². The van der Waals surface area contributed by atoms with E-state index in [0.29, 0.717) is 17.1 Å². The van der Waals surface area contributed by atoms with Crippen LogP contribution in [-0.2, 0) is 0 Å². The van der Waals surface area contributed by atoms with Crippen molar-refractivity contribution in [3.05, 3.63) is 46.2 Å². The van der Waals surface area contributed by atoms with Gasteiger partial charge in [-0.1, -0.05) is 0 Å². The van der Waals surface area contributed by atoms with Crippen molar-refractivity contribution < 1.29 is 4.79 Å². The van der Waals surface area contributed by atoms with E-state index in [4.69, 9.17) is 5.73 Å². The van der Waals surface area contributed by atoms with Crippen molar-refractivity contribution in [2.75, 3.05) is 5.73 Å². The van der Waals surface area contributed by atoms with Crippen molar-refractivity contribution in [3.8, 4) is 0 Å². The molecule has 0 atom stereocenters. The van der Waals surface area contributed by atoms with Crippen LogP contribution in [0.2, 0.25) is 0 Å². The molecular weight excluding hydrogens is 310 g/mol. The minimum absolute atomic E-state index is 0.292. The van der Waals surface area contributed by atoms with Gasteiger partial charge in [0.05, 0.1) is 16.3 Å². The molecule has 0 aliphatic heterocycles. The number of fused-ring (bicyclic) bond motifs is 1. The Morgan fingerprint density at radius 1 is 1.43 bits per heavy atom. The molecule has 1 amide bonds. The lowest BCUT2D eigenvalue weighted by Crippen LogP contribution is -2.19. The van der Waals surface area contributed by atoms with Crippen molar-refractivity contribution in [3.63, 3.8) is 0 Å². The number of amides is 1. The van der Waals surface area contributed by atoms with Gasteiger partial charge in [0, 0.05) is 17.3 Å². The van der Waals surface area contributed by atoms with Gasteiger partial charge in [0.2, 0.25) is 0 Å². The van der Waals surface area contributed by atoms with Gasteiger partial charge in [0.25, 0.3) is 5.91 Å². The predicted octanol–water partition coefficient (Wildman–Crippen LogP) is 2.98. The molecule has 0 saturated heterocycles. The summed E-state index contributed by atoms with van der Waals surface area (Å²) in [5, 5.41) is 5.12. The maximum atomic E-state index is 11.9. The predicted molar refractivity (Wildman–Crippen MR) is 94.0 cm³/mol. The molecule has 4 N–H and O–H groups in total. The second-order valence-electron chi connectivity index (χ2n) is 5.33. The SMILES string of the molecule is C/C(=N/NC(=O)c1ccc[nH]1)c1sc2nc(C)cc(C)c2c1N. The molecule has 0 unspecified atom stereocenters. The highest BCUT2D eigenvalue weighted by Gasteiger charge is 2.15. The number of H-pyrrole nitrogens is 1. The zero-order valence-electron chi connectivity index (χ0n) is 13.1. The van der Waals surface area contributed by atoms with Gasteiger partial charge in [-0.05, 0) is 44.5 Å². The maximum Gasteiger partial charge on any atom is 0.287 e. The van der Waals surface area contributed by atoms with Crippen molar-refractivity contribution in [1.29, 1.82) is 0 Å². The highest BCUT2D eigenvalue weighted by atomic mass is 32.1. The Morgan fingerprint density at radius 2 is 2.22 bits per heavy atom. The standard InChI is InChI=1S/C16H17N5OS/c1-8-7-9(2)19-16-12(8)13(17)14(23-16)10(3)20-21-15(22)11-5-4-6-18-11/h4-7,18H,17H2,1-3H3,(H,21,22)/b20-10-. The van der Waals surface area contributed by atoms with E-state index in [2.05, 4.69) is 20.5 Å². The van der Waals surface area contributed by atoms with Crippen LogP contribution < -0.4 is 11.2 Å². The number of hydrazone groups is 1. The molecule has 23 heavy (non-hydrogen) atoms. The van der Waals surface area contributed by atoms with Crippen LogP contribution in [0.1, 0.15) is 33.5 Å². The number of hydrogen-bond donors (Lipinski definition) is 3. The number of anilines is 1. The molecule has 0 aromatic carbocycles. The molecule has 0 radical (unpaired) electrons. The first-order chi connectivity index (χ1) is 11.0. The summed E-state index contributed by atoms with van der Waals surface area (Å²) in [5.41, 5.74) is 12.6. The van der Waals surface area contributed by atoms with Crippen LogP contribution in [0.5, 0.6) is 0 Å². The number of hydrogen-bond acceptors (Lipinski definition) is 5. The van der Waals surface area contributed by atoms with E-state index in [9.17, 15) is 4.79 Å². The first kappa shape index (κ1) is 15.2. The average Bonchev–Trinajstić information content (AvgIpc) is 3.12. The Balaban J connectivity index is 1.93. The summed E-state index contributed by atoms with van der Waals surface area (Å²) in [4.78, 5) is 21.0. The average molecular weight is 327 g/mol. The quantitative estimate of drug-likeness (QED) is 0.509. The summed E-state index contributed by atoms with van der Waals surface area (Å²) in [6.45, 7) is 5.79. The van der Waals surface area contributed by atoms with E-state index in [1.54, 1.807) is 18.3 Å². The van der Waals surface area contributed by atoms with Gasteiger partial charge in [-0.15, -0.1) is 11.3 Å². The maximum absolute atomic E-state index is 11.9. The summed E-state index contributed by atoms with van der Waals surface area (Å²) in [7, 11) is 0. The molecule has 7 heteroatoms. The number of thiophene rings is 1. The smallest absolute Gasteiger partial charge is 0.287 e. The number of nitrogen functional groups attached to an aromatic ring is 1. The van der Waals surface area contributed by atoms with Crippen molar-refractivity contribution in [1.82, 2.24) is 15.4 Å². The number of nitrogens with zero attached hydrogens (tertiary/aromatic N) is 2. The van der Waals surface area contributed by atoms with E-state index in [1.165, 1.54) is 11.3 Å². The molecule has 3 rings (SSSR count). The van der Waals surface area contributed by atoms with Gasteiger partial charge in [0.1, 0.15) is 10.5 Å². The number of carbonyl (C=O) groups excluding carboxylic acids is 1. The van der Waals surface area contributed by atoms with Gasteiger partial charge in [-0.3, -0.25) is 4.79 Å². The molecule has 3 heterocycles. The Labute approximate surface area is 137 Å². The van der Waals surface area contributed by atoms with Crippen LogP contribution in [0.4, 0.5) is 5.69 Å². The molecule has 0 fully saturated rings. The van der Waals surface area contributed by atoms with Crippen LogP contribution >= 0.6 is 11.3 Å². The monoisotopic (exact) mass is 327 g/mol. The summed E-state index contributed by atoms with van der Waals surface area (Å²) >= 11 is 1.48. The number of nitrogens with two attached hydrogens (primary N) is 1. The molecule has 0 bridgehead atoms. The lowest BCUT2D eigenvalue weighted by atomic mass is 10.1. The molecule has 0 aliphatic rings. The fraction of sp³-hybridized carbons (Fsp3) is 0.188. The summed E-state index contributed by atoms with van der Waals surface area (Å²) < 4.78 is 0. The Hall–Kier alpha value is -2.67. The second kappa shape index (κ2) is 5.85. The number of nitrogens with one attached hydrogen (secondary N) is 2. The number of aromatic amines is 1. The second-order valence-corrected chi connectivity index (χ2v) is 6.33. The topological polar surface area (TPSA) is 96.2 Å². The molecule has 118 valence electrons. The van der Waals surface area contributed by atoms with E-state index in [1.807, 2.05) is 26.8 Å². The van der Waals surface area contributed by atoms with Crippen molar-refractivity contribution >= 4 is 38.9 Å². The Morgan fingerprint density at radius 3 is 2.91 bits per heavy atom. The lowest BCUT2D eigenvalue weighted by Gasteiger charge is -2.02. The van der Waals surface area contributed by atoms with E-state index >= 15 is 0 Å². The van der Waals surface area contributed by atoms with Gasteiger partial charge in [0.15, 0.2) is 0 Å². The van der Waals surface area contributed by atoms with Crippen LogP contribution in [0.3, 0.4) is 0 Å².